The number of hydrogen-bond acceptors (Lipinski definition) is 22. The molecule has 0 saturated heterocycles. The number of thiophene rings is 1. The number of aromatic amines is 6. The average molecular weight is 1910 g/mol. The van der Waals surface area contributed by atoms with Crippen LogP contribution in [0.2, 0.25) is 0 Å². The monoisotopic (exact) mass is 1910 g/mol. The number of unbranched alkanes of at least 4 members (excludes halogenated alkanes) is 10. The molecule has 4 aromatic carbocycles. The average Bonchev–Trinajstić information content (AvgIpc) is 1.04. The summed E-state index contributed by atoms with van der Waals surface area (Å²) in [6.07, 6.45) is 33.4. The fourth-order valence-electron chi connectivity index (χ4n) is 15.2. The highest BCUT2D eigenvalue weighted by Gasteiger charge is 2.32. The van der Waals surface area contributed by atoms with Gasteiger partial charge in [-0.2, -0.15) is 25.5 Å². The minimum absolute atomic E-state index is 0.0636. The number of amides is 2. The van der Waals surface area contributed by atoms with E-state index in [-0.39, 0.29) is 39.2 Å². The summed E-state index contributed by atoms with van der Waals surface area (Å²) in [6, 6.07) is 45.0. The van der Waals surface area contributed by atoms with Crippen LogP contribution >= 0.6 is 11.3 Å². The Kier molecular flexibility index (Phi) is 33.6. The van der Waals surface area contributed by atoms with E-state index < -0.39 is 54.4 Å². The van der Waals surface area contributed by atoms with E-state index in [1.807, 2.05) is 107 Å². The van der Waals surface area contributed by atoms with Crippen LogP contribution in [0.1, 0.15) is 195 Å². The number of aryl methyl sites for hydroxylation is 1. The molecule has 14 aromatic rings. The van der Waals surface area contributed by atoms with Gasteiger partial charge >= 0.3 is 0 Å². The SMILES string of the molecule is CCCCCCOc1ccc(-c2cc(-c3ccc(CC)s3)c(-c3ncn[nH]3)c(=O)[nH]2)cc1.CCCCCCOc1ccc(-c2cc(-c3ccn(C4CC4)n3)c(-c3ncn[nH]3)c(=O)[nH]2)cc1.CCCCCCOc1ccc(-c2cc(-c3ccn(CC4CC4)n3)c(C(=O)NS(C)(=O)=O)c(=O)[nH]2)cc1.CCCCOc1ccc(-c2[nH]c(=O)c(C(=O)NS(C)(=O)=O)c(-c3ccn(CC4CC4)n3)c2F)cc1. The molecule has 8 N–H and O–H groups in total. The number of aromatic nitrogens is 16. The van der Waals surface area contributed by atoms with Crippen LogP contribution in [0.15, 0.2) is 196 Å². The molecule has 3 aliphatic carbocycles. The van der Waals surface area contributed by atoms with Gasteiger partial charge in [-0.05, 0) is 245 Å². The van der Waals surface area contributed by atoms with E-state index in [9.17, 15) is 45.6 Å². The standard InChI is InChI=1S/C26H32N4O5S.C25H28N6O2.C25H28N4O2S.C24H27FN4O5S/c1-3-4-5-6-15-35-20-11-9-19(10-12-20)23-16-21(22-13-14-30(28-22)17-18-7-8-18)24(25(31)27-23)26(32)29-36(2,33)34;1-2-3-4-5-14-33-19-10-6-17(7-11-19)22-15-20(21-12-13-31(30-21)18-8-9-18)23(25(32)28-22)24-26-16-27-29-24;1-3-5-6-7-14-31-18-10-8-17(9-11-18)21-15-20(22-13-12-19(4-2)32-22)23(25(30)28-21)24-26-16-27-29-24;1-3-4-13-34-17-9-7-16(8-10-17)22-21(25)19(18-11-12-29(27-18)14-15-5-6-15)20(23(30)26-22)24(31)28-35(2,32)33/h9-14,16,18H,3-8,15,17H2,1-2H3,(H,27,31)(H,29,32);6-7,10-13,15-16,18H,2-5,8-9,14H2,1H3,(H,28,32)(H,26,27,29);8-13,15-16H,3-7,14H2,1-2H3,(H,28,30)(H,26,27,29);7-12,15H,3-6,13-14H2,1-2H3,(H,26,30)(H,28,31). The normalized spacial score (nSPS) is 12.9. The molecule has 10 heterocycles. The molecule has 0 atom stereocenters. The summed E-state index contributed by atoms with van der Waals surface area (Å²) in [5.74, 6) is 1.87. The second-order valence-corrected chi connectivity index (χ2v) is 38.8. The van der Waals surface area contributed by atoms with Crippen molar-refractivity contribution in [2.45, 2.75) is 189 Å². The minimum atomic E-state index is -3.99. The number of H-pyrrole nitrogens is 6. The van der Waals surface area contributed by atoms with Gasteiger partial charge in [0.25, 0.3) is 34.1 Å². The van der Waals surface area contributed by atoms with Gasteiger partial charge in [-0.15, -0.1) is 11.3 Å². The third-order valence-electron chi connectivity index (χ3n) is 23.0. The number of nitrogens with one attached hydrogen (secondary N) is 8. The Bertz CT molecular complexity index is 6850. The molecule has 3 saturated carbocycles. The molecule has 714 valence electrons. The first-order chi connectivity index (χ1) is 65.8. The van der Waals surface area contributed by atoms with Gasteiger partial charge in [0.1, 0.15) is 46.8 Å². The van der Waals surface area contributed by atoms with Gasteiger partial charge in [-0.25, -0.2) is 40.6 Å². The Balaban J connectivity index is 0.000000145. The van der Waals surface area contributed by atoms with Crippen molar-refractivity contribution in [1.29, 1.82) is 0 Å². The van der Waals surface area contributed by atoms with Crippen molar-refractivity contribution in [3.05, 3.63) is 240 Å². The minimum Gasteiger partial charge on any atom is -0.494 e. The number of rotatable bonds is 42. The van der Waals surface area contributed by atoms with Crippen LogP contribution in [0, 0.1) is 17.7 Å². The molecule has 10 aromatic heterocycles. The molecule has 0 radical (unpaired) electrons. The number of pyridine rings is 4. The fourth-order valence-corrected chi connectivity index (χ4v) is 17.1. The van der Waals surface area contributed by atoms with Gasteiger partial charge in [0, 0.05) is 80.8 Å². The fraction of sp³-hybridized carbons (Fsp3) is 0.370. The van der Waals surface area contributed by atoms with Crippen molar-refractivity contribution in [3.63, 3.8) is 0 Å². The summed E-state index contributed by atoms with van der Waals surface area (Å²) in [7, 11) is -7.86. The Morgan fingerprint density at radius 3 is 1.27 bits per heavy atom. The lowest BCUT2D eigenvalue weighted by Crippen LogP contribution is -2.35. The zero-order valence-corrected chi connectivity index (χ0v) is 79.8. The van der Waals surface area contributed by atoms with E-state index in [1.165, 1.54) is 75.0 Å². The lowest BCUT2D eigenvalue weighted by Gasteiger charge is -2.13. The van der Waals surface area contributed by atoms with Crippen LogP contribution in [0.4, 0.5) is 4.39 Å². The van der Waals surface area contributed by atoms with E-state index in [4.69, 9.17) is 24.0 Å². The Morgan fingerprint density at radius 1 is 0.434 bits per heavy atom. The van der Waals surface area contributed by atoms with Crippen molar-refractivity contribution in [3.8, 4) is 135 Å². The summed E-state index contributed by atoms with van der Waals surface area (Å²) in [6.45, 7) is 14.8. The molecule has 0 aliphatic heterocycles. The zero-order valence-electron chi connectivity index (χ0n) is 77.4. The van der Waals surface area contributed by atoms with Gasteiger partial charge in [0.2, 0.25) is 20.0 Å². The molecule has 0 unspecified atom stereocenters. The second kappa shape index (κ2) is 46.5. The van der Waals surface area contributed by atoms with Gasteiger partial charge in [-0.1, -0.05) is 98.8 Å². The van der Waals surface area contributed by atoms with Crippen LogP contribution < -0.4 is 50.6 Å². The van der Waals surface area contributed by atoms with Gasteiger partial charge in [0.15, 0.2) is 17.5 Å². The highest BCUT2D eigenvalue weighted by Crippen LogP contribution is 2.41. The maximum atomic E-state index is 15.9. The van der Waals surface area contributed by atoms with E-state index in [1.54, 1.807) is 74.2 Å². The van der Waals surface area contributed by atoms with E-state index in [0.717, 1.165) is 177 Å². The van der Waals surface area contributed by atoms with Crippen LogP contribution in [-0.2, 0) is 39.6 Å². The number of halogens is 1. The maximum Gasteiger partial charge on any atom is 0.271 e. The number of sulfonamides is 2. The van der Waals surface area contributed by atoms with Gasteiger partial charge in [-0.3, -0.25) is 53.0 Å². The molecule has 0 spiro atoms. The Labute approximate surface area is 791 Å². The van der Waals surface area contributed by atoms with Crippen molar-refractivity contribution in [2.24, 2.45) is 11.8 Å². The van der Waals surface area contributed by atoms with E-state index >= 15 is 4.39 Å². The number of carbonyl (C=O) groups excluding carboxylic acids is 2. The van der Waals surface area contributed by atoms with Crippen LogP contribution in [0.3, 0.4) is 0 Å². The Hall–Kier alpha value is -13.7. The van der Waals surface area contributed by atoms with E-state index in [2.05, 4.69) is 107 Å². The largest absolute Gasteiger partial charge is 0.494 e. The molecular formula is C100H115FN18O14S3. The summed E-state index contributed by atoms with van der Waals surface area (Å²) in [4.78, 5) is 99.7. The molecule has 3 fully saturated rings. The number of carbonyl (C=O) groups is 2. The zero-order chi connectivity index (χ0) is 95.8. The molecule has 0 bridgehead atoms. The Morgan fingerprint density at radius 2 is 0.838 bits per heavy atom. The third-order valence-corrected chi connectivity index (χ3v) is 25.3. The summed E-state index contributed by atoms with van der Waals surface area (Å²) in [5.41, 5.74) is 5.35. The topological polar surface area (TPSA) is 431 Å². The lowest BCUT2D eigenvalue weighted by atomic mass is 10.0. The first-order valence-electron chi connectivity index (χ1n) is 46.5. The highest BCUT2D eigenvalue weighted by atomic mass is 32.2. The first-order valence-corrected chi connectivity index (χ1v) is 51.1. The van der Waals surface area contributed by atoms with Crippen LogP contribution in [-0.4, -0.2) is 147 Å². The molecule has 2 amide bonds. The number of nitrogens with zero attached hydrogens (tertiary/aromatic N) is 10. The van der Waals surface area contributed by atoms with Crippen LogP contribution in [0.5, 0.6) is 23.0 Å². The molecule has 36 heteroatoms. The first kappa shape index (κ1) is 98.3. The van der Waals surface area contributed by atoms with Crippen molar-refractivity contribution in [1.82, 2.24) is 89.1 Å². The van der Waals surface area contributed by atoms with Crippen LogP contribution in [0.25, 0.3) is 112 Å². The van der Waals surface area contributed by atoms with Gasteiger partial charge in [0.05, 0.1) is 84.4 Å². The predicted octanol–water partition coefficient (Wildman–Crippen LogP) is 18.3. The van der Waals surface area contributed by atoms with Crippen molar-refractivity contribution >= 4 is 43.2 Å². The van der Waals surface area contributed by atoms with Gasteiger partial charge < -0.3 is 38.9 Å². The number of ether oxygens (including phenoxy) is 4. The second-order valence-electron chi connectivity index (χ2n) is 34.2. The van der Waals surface area contributed by atoms with E-state index in [0.29, 0.717) is 88.8 Å². The quantitative estimate of drug-likeness (QED) is 0.0165. The molecule has 136 heavy (non-hydrogen) atoms. The highest BCUT2D eigenvalue weighted by molar-refractivity contribution is 7.89. The maximum absolute atomic E-state index is 15.9. The lowest BCUT2D eigenvalue weighted by molar-refractivity contribution is 0.0971. The molecule has 3 aliphatic rings. The molecular weight excluding hydrogens is 1790 g/mol. The molecule has 17 rings (SSSR count). The van der Waals surface area contributed by atoms with Crippen molar-refractivity contribution in [2.75, 3.05) is 38.9 Å². The smallest absolute Gasteiger partial charge is 0.271 e. The third kappa shape index (κ3) is 27.1. The number of hydrogen-bond donors (Lipinski definition) is 8. The summed E-state index contributed by atoms with van der Waals surface area (Å²) < 4.78 is 94.8. The van der Waals surface area contributed by atoms with Crippen molar-refractivity contribution < 1.29 is 49.8 Å². The molecule has 32 nitrogen and oxygen atoms in total. The predicted molar refractivity (Wildman–Crippen MR) is 525 cm³/mol. The summed E-state index contributed by atoms with van der Waals surface area (Å²) in [5, 5.41) is 27.2. The number of benzene rings is 4. The summed E-state index contributed by atoms with van der Waals surface area (Å²) >= 11 is 1.69.